The number of hydrazone groups is 1. The largest absolute Gasteiger partial charge is 0.316 e. The summed E-state index contributed by atoms with van der Waals surface area (Å²) in [5.74, 6) is 0. The van der Waals surface area contributed by atoms with Crippen LogP contribution in [-0.2, 0) is 0 Å². The molecule has 0 radical (unpaired) electrons. The summed E-state index contributed by atoms with van der Waals surface area (Å²) >= 11 is 6.47. The first-order valence-electron chi connectivity index (χ1n) is 12.2. The van der Waals surface area contributed by atoms with Gasteiger partial charge >= 0.3 is 0 Å². The first kappa shape index (κ1) is 23.4. The molecule has 0 saturated carbocycles. The molecule has 1 aliphatic rings. The van der Waals surface area contributed by atoms with Gasteiger partial charge in [0.1, 0.15) is 0 Å². The molecule has 1 aromatic heterocycles. The molecule has 1 aliphatic heterocycles. The maximum Gasteiger partial charge on any atom is 0.0646 e. The van der Waals surface area contributed by atoms with Crippen LogP contribution < -0.4 is 0 Å². The molecule has 5 heteroatoms. The second-order valence-electron chi connectivity index (χ2n) is 9.07. The van der Waals surface area contributed by atoms with Gasteiger partial charge < -0.3 is 4.57 Å². The van der Waals surface area contributed by atoms with Crippen LogP contribution in [0.2, 0.25) is 5.02 Å². The summed E-state index contributed by atoms with van der Waals surface area (Å²) in [4.78, 5) is 2.57. The first-order chi connectivity index (χ1) is 17.1. The Kier molecular flexibility index (Phi) is 7.03. The highest BCUT2D eigenvalue weighted by Crippen LogP contribution is 2.30. The second-order valence-corrected chi connectivity index (χ2v) is 9.48. The Bertz CT molecular complexity index is 1250. The Hall–Kier alpha value is -3.34. The zero-order chi connectivity index (χ0) is 24.2. The fourth-order valence-electron chi connectivity index (χ4n) is 5.04. The van der Waals surface area contributed by atoms with E-state index in [9.17, 15) is 0 Å². The van der Waals surface area contributed by atoms with Gasteiger partial charge in [0.05, 0.1) is 23.0 Å². The Morgan fingerprint density at radius 1 is 0.771 bits per heavy atom. The zero-order valence-corrected chi connectivity index (χ0v) is 21.1. The van der Waals surface area contributed by atoms with Crippen LogP contribution in [0.5, 0.6) is 0 Å². The molecular formula is C30H31ClN4. The summed E-state index contributed by atoms with van der Waals surface area (Å²) in [5.41, 5.74) is 7.09. The smallest absolute Gasteiger partial charge is 0.0646 e. The number of aryl methyl sites for hydroxylation is 1. The molecule has 0 aliphatic carbocycles. The van der Waals surface area contributed by atoms with Gasteiger partial charge in [-0.1, -0.05) is 84.4 Å². The van der Waals surface area contributed by atoms with Crippen molar-refractivity contribution in [1.82, 2.24) is 14.5 Å². The summed E-state index contributed by atoms with van der Waals surface area (Å²) in [6.45, 7) is 7.96. The minimum absolute atomic E-state index is 0.262. The molecular weight excluding hydrogens is 452 g/mol. The van der Waals surface area contributed by atoms with Crippen LogP contribution in [0.25, 0.3) is 5.69 Å². The topological polar surface area (TPSA) is 23.8 Å². The number of hydrogen-bond acceptors (Lipinski definition) is 3. The van der Waals surface area contributed by atoms with Gasteiger partial charge in [-0.05, 0) is 43.2 Å². The van der Waals surface area contributed by atoms with Crippen LogP contribution in [-0.4, -0.2) is 46.9 Å². The van der Waals surface area contributed by atoms with Crippen LogP contribution in [0.1, 0.15) is 34.1 Å². The van der Waals surface area contributed by atoms with E-state index < -0.39 is 0 Å². The maximum absolute atomic E-state index is 6.47. The van der Waals surface area contributed by atoms with E-state index in [4.69, 9.17) is 16.7 Å². The molecule has 0 unspecified atom stereocenters. The van der Waals surface area contributed by atoms with E-state index in [-0.39, 0.29) is 6.04 Å². The predicted molar refractivity (Wildman–Crippen MR) is 146 cm³/mol. The molecule has 1 fully saturated rings. The van der Waals surface area contributed by atoms with E-state index in [0.29, 0.717) is 0 Å². The van der Waals surface area contributed by atoms with Crippen molar-refractivity contribution in [3.8, 4) is 5.69 Å². The van der Waals surface area contributed by atoms with E-state index >= 15 is 0 Å². The van der Waals surface area contributed by atoms with Crippen LogP contribution in [0.15, 0.2) is 96.1 Å². The second kappa shape index (κ2) is 10.5. The van der Waals surface area contributed by atoms with Crippen molar-refractivity contribution in [2.24, 2.45) is 5.10 Å². The summed E-state index contributed by atoms with van der Waals surface area (Å²) in [6, 6.07) is 32.0. The number of piperazine rings is 1. The van der Waals surface area contributed by atoms with Gasteiger partial charge in [0.2, 0.25) is 0 Å². The van der Waals surface area contributed by atoms with Crippen molar-refractivity contribution in [1.29, 1.82) is 0 Å². The molecule has 0 amide bonds. The van der Waals surface area contributed by atoms with E-state index in [1.54, 1.807) is 0 Å². The third kappa shape index (κ3) is 5.04. The van der Waals surface area contributed by atoms with Crippen molar-refractivity contribution in [3.05, 3.63) is 124 Å². The predicted octanol–water partition coefficient (Wildman–Crippen LogP) is 6.49. The van der Waals surface area contributed by atoms with Crippen LogP contribution in [0.3, 0.4) is 0 Å². The molecule has 0 bridgehead atoms. The Morgan fingerprint density at radius 3 is 1.94 bits per heavy atom. The molecule has 178 valence electrons. The van der Waals surface area contributed by atoms with E-state index in [1.807, 2.05) is 24.4 Å². The van der Waals surface area contributed by atoms with Gasteiger partial charge in [-0.2, -0.15) is 5.10 Å². The molecule has 0 spiro atoms. The lowest BCUT2D eigenvalue weighted by Gasteiger charge is -2.38. The highest BCUT2D eigenvalue weighted by molar-refractivity contribution is 6.32. The van der Waals surface area contributed by atoms with Crippen molar-refractivity contribution in [2.75, 3.05) is 26.2 Å². The Balaban J connectivity index is 1.30. The highest BCUT2D eigenvalue weighted by atomic mass is 35.5. The summed E-state index contributed by atoms with van der Waals surface area (Å²) in [5, 5.41) is 7.80. The van der Waals surface area contributed by atoms with E-state index in [1.165, 1.54) is 11.1 Å². The molecule has 4 aromatic rings. The summed E-state index contributed by atoms with van der Waals surface area (Å²) in [7, 11) is 0. The molecule has 3 aromatic carbocycles. The number of aromatic nitrogens is 1. The number of benzene rings is 3. The number of para-hydroxylation sites is 1. The summed E-state index contributed by atoms with van der Waals surface area (Å²) in [6.07, 6.45) is 2.00. The SMILES string of the molecule is Cc1cc(/C=N/N2CCN(C(c3ccccc3)c3ccccc3)CC2)c(C)n1-c1ccccc1Cl. The quantitative estimate of drug-likeness (QED) is 0.293. The van der Waals surface area contributed by atoms with Crippen molar-refractivity contribution in [3.63, 3.8) is 0 Å². The monoisotopic (exact) mass is 482 g/mol. The average Bonchev–Trinajstić information content (AvgIpc) is 3.18. The summed E-state index contributed by atoms with van der Waals surface area (Å²) < 4.78 is 2.20. The highest BCUT2D eigenvalue weighted by Gasteiger charge is 2.26. The molecule has 5 rings (SSSR count). The Labute approximate surface area is 213 Å². The van der Waals surface area contributed by atoms with Crippen molar-refractivity contribution in [2.45, 2.75) is 19.9 Å². The zero-order valence-electron chi connectivity index (χ0n) is 20.3. The third-order valence-corrected chi connectivity index (χ3v) is 7.13. The van der Waals surface area contributed by atoms with Crippen LogP contribution >= 0.6 is 11.6 Å². The number of nitrogens with zero attached hydrogens (tertiary/aromatic N) is 4. The molecule has 4 nitrogen and oxygen atoms in total. The first-order valence-corrected chi connectivity index (χ1v) is 12.6. The van der Waals surface area contributed by atoms with E-state index in [0.717, 1.165) is 53.8 Å². The number of rotatable bonds is 6. The number of hydrogen-bond donors (Lipinski definition) is 0. The number of halogens is 1. The van der Waals surface area contributed by atoms with Crippen molar-refractivity contribution < 1.29 is 0 Å². The molecule has 35 heavy (non-hydrogen) atoms. The van der Waals surface area contributed by atoms with E-state index in [2.05, 4.69) is 101 Å². The van der Waals surface area contributed by atoms with Crippen molar-refractivity contribution >= 4 is 17.8 Å². The average molecular weight is 483 g/mol. The lowest BCUT2D eigenvalue weighted by Crippen LogP contribution is -2.45. The fraction of sp³-hybridized carbons (Fsp3) is 0.233. The lowest BCUT2D eigenvalue weighted by molar-refractivity contribution is 0.113. The third-order valence-electron chi connectivity index (χ3n) is 6.81. The van der Waals surface area contributed by atoms with Crippen LogP contribution in [0, 0.1) is 13.8 Å². The van der Waals surface area contributed by atoms with Crippen LogP contribution in [0.4, 0.5) is 0 Å². The molecule has 0 N–H and O–H groups in total. The molecule has 2 heterocycles. The minimum atomic E-state index is 0.262. The normalized spacial score (nSPS) is 14.8. The molecule has 0 atom stereocenters. The van der Waals surface area contributed by atoms with Gasteiger partial charge in [-0.3, -0.25) is 9.91 Å². The molecule has 1 saturated heterocycles. The maximum atomic E-state index is 6.47. The fourth-order valence-corrected chi connectivity index (χ4v) is 5.26. The van der Waals surface area contributed by atoms with Gasteiger partial charge in [-0.15, -0.1) is 0 Å². The van der Waals surface area contributed by atoms with Gasteiger partial charge in [-0.25, -0.2) is 0 Å². The lowest BCUT2D eigenvalue weighted by atomic mass is 9.96. The van der Waals surface area contributed by atoms with Gasteiger partial charge in [0, 0.05) is 43.1 Å². The minimum Gasteiger partial charge on any atom is -0.316 e. The van der Waals surface area contributed by atoms with Gasteiger partial charge in [0.25, 0.3) is 0 Å². The standard InChI is InChI=1S/C30H31ClN4/c1-23-21-27(24(2)35(23)29-16-10-9-15-28(29)31)22-32-34-19-17-33(18-20-34)30(25-11-5-3-6-12-25)26-13-7-4-8-14-26/h3-16,21-22,30H,17-20H2,1-2H3/b32-22+. The Morgan fingerprint density at radius 2 is 1.34 bits per heavy atom. The van der Waals surface area contributed by atoms with Gasteiger partial charge in [0.15, 0.2) is 0 Å².